The van der Waals surface area contributed by atoms with Gasteiger partial charge in [-0.15, -0.1) is 0 Å². The maximum atomic E-state index is 12.0. The molecule has 0 spiro atoms. The molecule has 156 valence electrons. The number of aliphatic hydroxyl groups is 1. The van der Waals surface area contributed by atoms with Gasteiger partial charge >= 0.3 is 0 Å². The normalized spacial score (nSPS) is 15.1. The third-order valence-electron chi connectivity index (χ3n) is 5.65. The Labute approximate surface area is 163 Å². The van der Waals surface area contributed by atoms with Gasteiger partial charge < -0.3 is 10.0 Å². The van der Waals surface area contributed by atoms with Gasteiger partial charge in [-0.3, -0.25) is 4.79 Å². The Morgan fingerprint density at radius 2 is 1.19 bits per heavy atom. The summed E-state index contributed by atoms with van der Waals surface area (Å²) in [6.45, 7) is 12.1. The van der Waals surface area contributed by atoms with Crippen LogP contribution in [0.3, 0.4) is 0 Å². The van der Waals surface area contributed by atoms with Gasteiger partial charge in [0, 0.05) is 20.0 Å². The second kappa shape index (κ2) is 15.5. The van der Waals surface area contributed by atoms with Crippen LogP contribution in [0.4, 0.5) is 0 Å². The van der Waals surface area contributed by atoms with Crippen LogP contribution in [0.1, 0.15) is 98.8 Å². The number of carbonyl (C=O) groups is 1. The number of nitrogens with zero attached hydrogens (tertiary/aromatic N) is 1. The zero-order valence-electron chi connectivity index (χ0n) is 18.6. The monoisotopic (exact) mass is 369 g/mol. The second-order valence-corrected chi connectivity index (χ2v) is 9.25. The zero-order chi connectivity index (χ0) is 19.9. The number of rotatable bonds is 16. The topological polar surface area (TPSA) is 40.5 Å². The third-order valence-corrected chi connectivity index (χ3v) is 5.65. The van der Waals surface area contributed by atoms with E-state index in [2.05, 4.69) is 34.6 Å². The molecule has 0 rings (SSSR count). The number of likely N-dealkylation sites (N-methyl/N-ethyl adjacent to an activating group) is 1. The van der Waals surface area contributed by atoms with Crippen molar-refractivity contribution in [3.8, 4) is 0 Å². The molecule has 0 aliphatic rings. The molecule has 0 radical (unpaired) electrons. The fraction of sp³-hybridized carbons (Fsp3) is 0.957. The van der Waals surface area contributed by atoms with Gasteiger partial charge in [0.15, 0.2) is 0 Å². The molecule has 0 aromatic carbocycles. The maximum Gasteiger partial charge on any atom is 0.222 e. The van der Waals surface area contributed by atoms with E-state index in [0.717, 1.165) is 24.2 Å². The quantitative estimate of drug-likeness (QED) is 0.368. The van der Waals surface area contributed by atoms with Crippen LogP contribution in [0.2, 0.25) is 0 Å². The Hall–Kier alpha value is -0.570. The average Bonchev–Trinajstić information content (AvgIpc) is 2.54. The van der Waals surface area contributed by atoms with Crippen molar-refractivity contribution in [3.05, 3.63) is 0 Å². The molecule has 0 aromatic rings. The van der Waals surface area contributed by atoms with Crippen LogP contribution in [0, 0.1) is 23.7 Å². The largest absolute Gasteiger partial charge is 0.395 e. The minimum absolute atomic E-state index is 0.0461. The average molecular weight is 370 g/mol. The minimum atomic E-state index is 0.0461. The molecule has 0 heterocycles. The molecule has 1 N–H and O–H groups in total. The highest BCUT2D eigenvalue weighted by atomic mass is 16.3. The van der Waals surface area contributed by atoms with E-state index in [0.29, 0.717) is 18.9 Å². The Kier molecular flexibility index (Phi) is 15.1. The standard InChI is InChI=1S/C23H47NO2/c1-19(2)10-7-11-20(3)12-8-13-21(4)14-9-15-22(5)18-23(26)24(6)16-17-25/h19-22,25H,7-18H2,1-6H3. The van der Waals surface area contributed by atoms with E-state index in [9.17, 15) is 4.79 Å². The molecule has 1 amide bonds. The minimum Gasteiger partial charge on any atom is -0.395 e. The lowest BCUT2D eigenvalue weighted by Gasteiger charge is -2.19. The van der Waals surface area contributed by atoms with E-state index in [4.69, 9.17) is 5.11 Å². The van der Waals surface area contributed by atoms with Gasteiger partial charge in [-0.05, 0) is 23.7 Å². The Balaban J connectivity index is 3.69. The van der Waals surface area contributed by atoms with Crippen molar-refractivity contribution >= 4 is 5.91 Å². The van der Waals surface area contributed by atoms with Crippen LogP contribution < -0.4 is 0 Å². The van der Waals surface area contributed by atoms with Gasteiger partial charge in [0.2, 0.25) is 5.91 Å². The van der Waals surface area contributed by atoms with Crippen LogP contribution >= 0.6 is 0 Å². The van der Waals surface area contributed by atoms with E-state index in [1.165, 1.54) is 51.4 Å². The molecule has 0 bridgehead atoms. The zero-order valence-corrected chi connectivity index (χ0v) is 18.6. The molecule has 0 saturated carbocycles. The Morgan fingerprint density at radius 1 is 0.769 bits per heavy atom. The smallest absolute Gasteiger partial charge is 0.222 e. The van der Waals surface area contributed by atoms with Crippen LogP contribution in [0.15, 0.2) is 0 Å². The van der Waals surface area contributed by atoms with E-state index in [1.807, 2.05) is 0 Å². The fourth-order valence-electron chi connectivity index (χ4n) is 3.62. The summed E-state index contributed by atoms with van der Waals surface area (Å²) in [5.41, 5.74) is 0. The molecule has 0 fully saturated rings. The lowest BCUT2D eigenvalue weighted by molar-refractivity contribution is -0.131. The highest BCUT2D eigenvalue weighted by molar-refractivity contribution is 5.76. The fourth-order valence-corrected chi connectivity index (χ4v) is 3.62. The van der Waals surface area contributed by atoms with E-state index < -0.39 is 0 Å². The van der Waals surface area contributed by atoms with Crippen LogP contribution in [0.5, 0.6) is 0 Å². The SMILES string of the molecule is CC(C)CCCC(C)CCCC(C)CCCC(C)CC(=O)N(C)CCO. The summed E-state index contributed by atoms with van der Waals surface area (Å²) < 4.78 is 0. The van der Waals surface area contributed by atoms with Crippen LogP contribution in [0.25, 0.3) is 0 Å². The summed E-state index contributed by atoms with van der Waals surface area (Å²) in [4.78, 5) is 13.6. The molecule has 3 heteroatoms. The first-order valence-corrected chi connectivity index (χ1v) is 11.1. The van der Waals surface area contributed by atoms with E-state index in [-0.39, 0.29) is 12.5 Å². The molecular formula is C23H47NO2. The predicted octanol–water partition coefficient (Wildman–Crippen LogP) is 5.90. The van der Waals surface area contributed by atoms with Gasteiger partial charge in [0.25, 0.3) is 0 Å². The summed E-state index contributed by atoms with van der Waals surface area (Å²) in [5, 5.41) is 8.90. The van der Waals surface area contributed by atoms with Crippen molar-refractivity contribution in [2.45, 2.75) is 98.8 Å². The third kappa shape index (κ3) is 14.6. The lowest BCUT2D eigenvalue weighted by Crippen LogP contribution is -2.30. The molecular weight excluding hydrogens is 322 g/mol. The van der Waals surface area contributed by atoms with Crippen molar-refractivity contribution in [1.29, 1.82) is 0 Å². The summed E-state index contributed by atoms with van der Waals surface area (Å²) in [5.74, 6) is 3.12. The first-order valence-electron chi connectivity index (χ1n) is 11.1. The molecule has 0 aromatic heterocycles. The number of hydrogen-bond donors (Lipinski definition) is 1. The van der Waals surface area contributed by atoms with E-state index in [1.54, 1.807) is 11.9 Å². The Morgan fingerprint density at radius 3 is 1.62 bits per heavy atom. The molecule has 0 aliphatic carbocycles. The molecule has 3 unspecified atom stereocenters. The molecule has 0 saturated heterocycles. The number of aliphatic hydroxyl groups excluding tert-OH is 1. The molecule has 0 aliphatic heterocycles. The van der Waals surface area contributed by atoms with Gasteiger partial charge in [-0.1, -0.05) is 92.4 Å². The highest BCUT2D eigenvalue weighted by Crippen LogP contribution is 2.22. The van der Waals surface area contributed by atoms with Crippen molar-refractivity contribution in [1.82, 2.24) is 4.90 Å². The highest BCUT2D eigenvalue weighted by Gasteiger charge is 2.13. The number of hydrogen-bond acceptors (Lipinski definition) is 2. The molecule has 3 atom stereocenters. The van der Waals surface area contributed by atoms with E-state index >= 15 is 0 Å². The number of carbonyl (C=O) groups excluding carboxylic acids is 1. The lowest BCUT2D eigenvalue weighted by atomic mass is 9.90. The van der Waals surface area contributed by atoms with Crippen molar-refractivity contribution in [2.24, 2.45) is 23.7 Å². The first-order chi connectivity index (χ1) is 12.3. The molecule has 3 nitrogen and oxygen atoms in total. The van der Waals surface area contributed by atoms with Gasteiger partial charge in [-0.25, -0.2) is 0 Å². The van der Waals surface area contributed by atoms with Crippen LogP contribution in [-0.4, -0.2) is 36.1 Å². The van der Waals surface area contributed by atoms with Gasteiger partial charge in [0.05, 0.1) is 6.61 Å². The second-order valence-electron chi connectivity index (χ2n) is 9.25. The van der Waals surface area contributed by atoms with Crippen LogP contribution in [-0.2, 0) is 4.79 Å². The van der Waals surface area contributed by atoms with Crippen molar-refractivity contribution < 1.29 is 9.90 Å². The predicted molar refractivity (Wildman–Crippen MR) is 113 cm³/mol. The van der Waals surface area contributed by atoms with Gasteiger partial charge in [-0.2, -0.15) is 0 Å². The first kappa shape index (κ1) is 25.4. The van der Waals surface area contributed by atoms with Crippen molar-refractivity contribution in [3.63, 3.8) is 0 Å². The summed E-state index contributed by atoms with van der Waals surface area (Å²) in [6, 6.07) is 0. The maximum absolute atomic E-state index is 12.0. The van der Waals surface area contributed by atoms with Gasteiger partial charge in [0.1, 0.15) is 0 Å². The molecule has 26 heavy (non-hydrogen) atoms. The Bertz CT molecular complexity index is 343. The summed E-state index contributed by atoms with van der Waals surface area (Å²) >= 11 is 0. The van der Waals surface area contributed by atoms with Crippen molar-refractivity contribution in [2.75, 3.05) is 20.2 Å². The summed E-state index contributed by atoms with van der Waals surface area (Å²) in [7, 11) is 1.77. The summed E-state index contributed by atoms with van der Waals surface area (Å²) in [6.07, 6.45) is 12.5. The number of amides is 1.